The van der Waals surface area contributed by atoms with Crippen LogP contribution in [-0.4, -0.2) is 24.0 Å². The van der Waals surface area contributed by atoms with E-state index in [1.807, 2.05) is 0 Å². The monoisotopic (exact) mass is 330 g/mol. The van der Waals surface area contributed by atoms with Crippen molar-refractivity contribution in [3.8, 4) is 5.75 Å². The van der Waals surface area contributed by atoms with E-state index in [1.54, 1.807) is 4.57 Å². The quantitative estimate of drug-likeness (QED) is 0.879. The van der Waals surface area contributed by atoms with Gasteiger partial charge in [-0.05, 0) is 24.3 Å². The van der Waals surface area contributed by atoms with Crippen molar-refractivity contribution >= 4 is 11.6 Å². The average molecular weight is 330 g/mol. The number of carbonyl (C=O) groups is 1. The van der Waals surface area contributed by atoms with E-state index >= 15 is 0 Å². The van der Waals surface area contributed by atoms with Gasteiger partial charge in [0.25, 0.3) is 5.56 Å². The highest BCUT2D eigenvalue weighted by Crippen LogP contribution is 2.29. The fourth-order valence-electron chi connectivity index (χ4n) is 2.87. The lowest BCUT2D eigenvalue weighted by Crippen LogP contribution is -2.40. The molecule has 6 heteroatoms. The second kappa shape index (κ2) is 5.78. The number of methoxy groups -OCH3 is 1. The number of anilines is 1. The predicted molar refractivity (Wildman–Crippen MR) is 89.4 cm³/mol. The summed E-state index contributed by atoms with van der Waals surface area (Å²) in [6, 6.07) is 6.88. The summed E-state index contributed by atoms with van der Waals surface area (Å²) < 4.78 is 20.1. The molecule has 3 rings (SSSR count). The zero-order chi connectivity index (χ0) is 17.5. The Morgan fingerprint density at radius 2 is 2.04 bits per heavy atom. The van der Waals surface area contributed by atoms with E-state index < -0.39 is 5.82 Å². The smallest absolute Gasteiger partial charge is 0.252 e. The largest absolute Gasteiger partial charge is 0.494 e. The molecule has 0 aliphatic carbocycles. The molecule has 0 spiro atoms. The number of aromatic nitrogens is 1. The molecule has 5 nitrogen and oxygen atoms in total. The minimum atomic E-state index is -0.528. The molecule has 1 aliphatic rings. The Labute approximate surface area is 139 Å². The summed E-state index contributed by atoms with van der Waals surface area (Å²) in [7, 11) is 1.35. The van der Waals surface area contributed by atoms with Crippen LogP contribution in [0.5, 0.6) is 5.75 Å². The van der Waals surface area contributed by atoms with Crippen LogP contribution >= 0.6 is 0 Å². The van der Waals surface area contributed by atoms with Gasteiger partial charge in [-0.25, -0.2) is 4.39 Å². The van der Waals surface area contributed by atoms with E-state index in [0.29, 0.717) is 30.0 Å². The van der Waals surface area contributed by atoms with Crippen LogP contribution in [0.3, 0.4) is 0 Å². The van der Waals surface area contributed by atoms with Gasteiger partial charge in [0, 0.05) is 30.1 Å². The molecule has 0 unspecified atom stereocenters. The van der Waals surface area contributed by atoms with Crippen LogP contribution in [0.2, 0.25) is 0 Å². The van der Waals surface area contributed by atoms with E-state index in [2.05, 4.69) is 19.2 Å². The molecule has 0 fully saturated rings. The maximum Gasteiger partial charge on any atom is 0.252 e. The molecule has 24 heavy (non-hydrogen) atoms. The highest BCUT2D eigenvalue weighted by atomic mass is 19.1. The molecule has 1 aliphatic heterocycles. The number of rotatable bonds is 3. The second-order valence-corrected chi connectivity index (χ2v) is 6.72. The van der Waals surface area contributed by atoms with Gasteiger partial charge in [-0.15, -0.1) is 0 Å². The van der Waals surface area contributed by atoms with Gasteiger partial charge in [-0.2, -0.15) is 0 Å². The second-order valence-electron chi connectivity index (χ2n) is 6.72. The van der Waals surface area contributed by atoms with E-state index in [-0.39, 0.29) is 22.5 Å². The highest BCUT2D eigenvalue weighted by molar-refractivity contribution is 6.12. The molecule has 0 radical (unpaired) electrons. The number of ether oxygens (including phenoxy) is 1. The Kier molecular flexibility index (Phi) is 3.91. The number of nitrogens with zero attached hydrogens (tertiary/aromatic N) is 1. The van der Waals surface area contributed by atoms with Crippen molar-refractivity contribution in [1.29, 1.82) is 0 Å². The number of benzene rings is 1. The number of carbonyl (C=O) groups excluding carboxylic acids is 1. The van der Waals surface area contributed by atoms with E-state index in [1.165, 1.54) is 37.4 Å². The molecular formula is C18H19FN2O3. The van der Waals surface area contributed by atoms with Crippen molar-refractivity contribution in [2.24, 2.45) is 5.41 Å². The molecular weight excluding hydrogens is 311 g/mol. The molecule has 2 aromatic rings. The molecule has 1 N–H and O–H groups in total. The summed E-state index contributed by atoms with van der Waals surface area (Å²) in [5.74, 6) is -0.295. The van der Waals surface area contributed by atoms with Crippen LogP contribution in [0.4, 0.5) is 10.2 Å². The topological polar surface area (TPSA) is 60.3 Å². The molecule has 0 amide bonds. The van der Waals surface area contributed by atoms with Gasteiger partial charge in [0.1, 0.15) is 5.82 Å². The van der Waals surface area contributed by atoms with Gasteiger partial charge in [0.2, 0.25) is 0 Å². The van der Waals surface area contributed by atoms with Gasteiger partial charge in [0.15, 0.2) is 17.3 Å². The van der Waals surface area contributed by atoms with Crippen LogP contribution in [0.1, 0.15) is 29.8 Å². The maximum absolute atomic E-state index is 13.6. The maximum atomic E-state index is 13.6. The van der Waals surface area contributed by atoms with Crippen molar-refractivity contribution in [3.05, 3.63) is 57.6 Å². The van der Waals surface area contributed by atoms with Crippen molar-refractivity contribution in [2.45, 2.75) is 20.4 Å². The number of hydrogen-bond donors (Lipinski definition) is 1. The number of halogens is 1. The van der Waals surface area contributed by atoms with E-state index in [0.717, 1.165) is 0 Å². The fourth-order valence-corrected chi connectivity index (χ4v) is 2.87. The van der Waals surface area contributed by atoms with Crippen molar-refractivity contribution in [3.63, 3.8) is 0 Å². The SMILES string of the molecule is COc1cc(C(=O)c2ccc(=O)n3c2NCC(C)(C)C3)ccc1F. The summed E-state index contributed by atoms with van der Waals surface area (Å²) in [6.07, 6.45) is 0. The number of pyridine rings is 1. The first-order chi connectivity index (χ1) is 11.3. The average Bonchev–Trinajstić information content (AvgIpc) is 2.55. The number of nitrogens with one attached hydrogen (secondary N) is 1. The zero-order valence-corrected chi connectivity index (χ0v) is 13.9. The number of ketones is 1. The van der Waals surface area contributed by atoms with Gasteiger partial charge in [-0.3, -0.25) is 14.2 Å². The number of fused-ring (bicyclic) bond motifs is 1. The zero-order valence-electron chi connectivity index (χ0n) is 13.9. The summed E-state index contributed by atoms with van der Waals surface area (Å²) in [6.45, 7) is 5.29. The Balaban J connectivity index is 2.08. The van der Waals surface area contributed by atoms with Gasteiger partial charge in [-0.1, -0.05) is 13.8 Å². The Bertz CT molecular complexity index is 871. The fraction of sp³-hybridized carbons (Fsp3) is 0.333. The summed E-state index contributed by atoms with van der Waals surface area (Å²) in [4.78, 5) is 25.0. The molecule has 0 saturated heterocycles. The van der Waals surface area contributed by atoms with Crippen LogP contribution < -0.4 is 15.6 Å². The minimum absolute atomic E-state index is 0.0110. The van der Waals surface area contributed by atoms with Crippen molar-refractivity contribution < 1.29 is 13.9 Å². The third-order valence-electron chi connectivity index (χ3n) is 4.16. The van der Waals surface area contributed by atoms with Gasteiger partial charge in [0.05, 0.1) is 12.7 Å². The summed E-state index contributed by atoms with van der Waals surface area (Å²) >= 11 is 0. The third kappa shape index (κ3) is 2.79. The van der Waals surface area contributed by atoms with E-state index in [4.69, 9.17) is 4.74 Å². The van der Waals surface area contributed by atoms with Crippen LogP contribution in [0, 0.1) is 11.2 Å². The van der Waals surface area contributed by atoms with Crippen LogP contribution in [-0.2, 0) is 6.54 Å². The standard InChI is InChI=1S/C18H19FN2O3/c1-18(2)9-20-17-12(5-7-15(22)21(17)10-18)16(23)11-4-6-13(19)14(8-11)24-3/h4-8,20H,9-10H2,1-3H3. The molecule has 126 valence electrons. The Morgan fingerprint density at radius 3 is 2.75 bits per heavy atom. The molecule has 0 bridgehead atoms. The van der Waals surface area contributed by atoms with Crippen molar-refractivity contribution in [1.82, 2.24) is 4.57 Å². The lowest BCUT2D eigenvalue weighted by atomic mass is 9.90. The lowest BCUT2D eigenvalue weighted by molar-refractivity contribution is 0.103. The van der Waals surface area contributed by atoms with Crippen molar-refractivity contribution in [2.75, 3.05) is 19.0 Å². The molecule has 0 atom stereocenters. The predicted octanol–water partition coefficient (Wildman–Crippen LogP) is 2.68. The normalized spacial score (nSPS) is 15.3. The van der Waals surface area contributed by atoms with Crippen LogP contribution in [0.15, 0.2) is 35.1 Å². The summed E-state index contributed by atoms with van der Waals surface area (Å²) in [5, 5.41) is 3.19. The first-order valence-corrected chi connectivity index (χ1v) is 7.68. The van der Waals surface area contributed by atoms with Crippen LogP contribution in [0.25, 0.3) is 0 Å². The Hall–Kier alpha value is -2.63. The first-order valence-electron chi connectivity index (χ1n) is 7.68. The molecule has 1 aromatic carbocycles. The van der Waals surface area contributed by atoms with Gasteiger partial charge < -0.3 is 10.1 Å². The van der Waals surface area contributed by atoms with Gasteiger partial charge >= 0.3 is 0 Å². The third-order valence-corrected chi connectivity index (χ3v) is 4.16. The lowest BCUT2D eigenvalue weighted by Gasteiger charge is -2.34. The van der Waals surface area contributed by atoms with E-state index in [9.17, 15) is 14.0 Å². The molecule has 0 saturated carbocycles. The summed E-state index contributed by atoms with van der Waals surface area (Å²) in [5.41, 5.74) is 0.455. The molecule has 2 heterocycles. The highest BCUT2D eigenvalue weighted by Gasteiger charge is 2.29. The molecule has 1 aromatic heterocycles. The Morgan fingerprint density at radius 1 is 1.29 bits per heavy atom. The minimum Gasteiger partial charge on any atom is -0.494 e. The first kappa shape index (κ1) is 16.2. The number of hydrogen-bond acceptors (Lipinski definition) is 4.